The predicted octanol–water partition coefficient (Wildman–Crippen LogP) is 6.48. The highest BCUT2D eigenvalue weighted by atomic mass is 32.1. The second kappa shape index (κ2) is 13.7. The molecular weight excluding hydrogens is 604 g/mol. The van der Waals surface area contributed by atoms with Gasteiger partial charge in [0.05, 0.1) is 28.3 Å². The van der Waals surface area contributed by atoms with Gasteiger partial charge >= 0.3 is 6.09 Å². The van der Waals surface area contributed by atoms with Crippen molar-refractivity contribution in [2.75, 3.05) is 17.2 Å². The number of amides is 3. The van der Waals surface area contributed by atoms with Crippen LogP contribution in [0.25, 0.3) is 27.1 Å². The summed E-state index contributed by atoms with van der Waals surface area (Å²) in [5.41, 5.74) is 2.95. The zero-order chi connectivity index (χ0) is 33.0. The Morgan fingerprint density at radius 1 is 1.00 bits per heavy atom. The number of fused-ring (bicyclic) bond motifs is 2. The van der Waals surface area contributed by atoms with Crippen LogP contribution in [0.5, 0.6) is 0 Å². The van der Waals surface area contributed by atoms with Gasteiger partial charge in [-0.3, -0.25) is 19.3 Å². The zero-order valence-electron chi connectivity index (χ0n) is 26.5. The number of anilines is 2. The van der Waals surface area contributed by atoms with Crippen molar-refractivity contribution in [3.8, 4) is 11.3 Å². The minimum Gasteiger partial charge on any atom is -0.444 e. The van der Waals surface area contributed by atoms with Gasteiger partial charge in [-0.2, -0.15) is 0 Å². The van der Waals surface area contributed by atoms with Gasteiger partial charge in [-0.05, 0) is 62.9 Å². The van der Waals surface area contributed by atoms with Crippen molar-refractivity contribution in [2.24, 2.45) is 11.8 Å². The number of carbonyl (C=O) groups excluding carboxylic acids is 3. The number of aliphatic hydroxyl groups is 1. The van der Waals surface area contributed by atoms with E-state index in [9.17, 15) is 19.5 Å². The molecule has 240 valence electrons. The van der Waals surface area contributed by atoms with E-state index in [1.165, 1.54) is 11.3 Å². The molecule has 1 atom stereocenters. The van der Waals surface area contributed by atoms with Crippen LogP contribution in [0, 0.1) is 11.8 Å². The van der Waals surface area contributed by atoms with Crippen molar-refractivity contribution in [1.82, 2.24) is 19.7 Å². The Hall–Kier alpha value is -4.81. The van der Waals surface area contributed by atoms with Gasteiger partial charge in [-0.15, -0.1) is 0 Å². The van der Waals surface area contributed by atoms with Crippen LogP contribution in [0.1, 0.15) is 57.0 Å². The number of benzene rings is 2. The van der Waals surface area contributed by atoms with E-state index in [-0.39, 0.29) is 30.9 Å². The molecule has 1 unspecified atom stereocenters. The average Bonchev–Trinajstić information content (AvgIpc) is 3.58. The normalized spacial score (nSPS) is 12.3. The SMILES string of the molecule is CC(C)CC(CO)C(=O)Nc1c(-c2ccccc2)nc2c(C(=O)NCc3ccc4nc(NC(=O)OC(C)(C)C)sc4c3)cccn12. The van der Waals surface area contributed by atoms with E-state index in [4.69, 9.17) is 9.72 Å². The van der Waals surface area contributed by atoms with Gasteiger partial charge in [0.25, 0.3) is 5.91 Å². The van der Waals surface area contributed by atoms with Crippen molar-refractivity contribution in [3.63, 3.8) is 0 Å². The molecule has 0 spiro atoms. The quantitative estimate of drug-likeness (QED) is 0.136. The van der Waals surface area contributed by atoms with E-state index in [0.717, 1.165) is 15.8 Å². The highest BCUT2D eigenvalue weighted by molar-refractivity contribution is 7.22. The number of ether oxygens (including phenoxy) is 1. The lowest BCUT2D eigenvalue weighted by molar-refractivity contribution is -0.121. The van der Waals surface area contributed by atoms with E-state index in [1.54, 1.807) is 43.5 Å². The lowest BCUT2D eigenvalue weighted by Gasteiger charge is -2.18. The number of pyridine rings is 1. The van der Waals surface area contributed by atoms with Crippen LogP contribution in [0.4, 0.5) is 15.7 Å². The maximum absolute atomic E-state index is 13.5. The fraction of sp³-hybridized carbons (Fsp3) is 0.324. The number of rotatable bonds is 10. The van der Waals surface area contributed by atoms with Gasteiger partial charge in [-0.25, -0.2) is 14.8 Å². The first kappa shape index (κ1) is 32.6. The summed E-state index contributed by atoms with van der Waals surface area (Å²) >= 11 is 1.31. The number of aromatic nitrogens is 3. The minimum absolute atomic E-state index is 0.224. The van der Waals surface area contributed by atoms with Crippen molar-refractivity contribution in [3.05, 3.63) is 78.0 Å². The summed E-state index contributed by atoms with van der Waals surface area (Å²) in [5, 5.41) is 19.0. The average molecular weight is 643 g/mol. The molecule has 0 bridgehead atoms. The molecule has 5 rings (SSSR count). The van der Waals surface area contributed by atoms with Crippen LogP contribution in [0.3, 0.4) is 0 Å². The zero-order valence-corrected chi connectivity index (χ0v) is 27.3. The second-order valence-corrected chi connectivity index (χ2v) is 13.5. The van der Waals surface area contributed by atoms with Gasteiger partial charge < -0.3 is 20.5 Å². The molecule has 0 radical (unpaired) electrons. The Balaban J connectivity index is 1.38. The minimum atomic E-state index is -0.623. The molecule has 5 aromatic rings. The van der Waals surface area contributed by atoms with E-state index in [0.29, 0.717) is 39.8 Å². The van der Waals surface area contributed by atoms with Crippen LogP contribution in [-0.4, -0.2) is 49.6 Å². The van der Waals surface area contributed by atoms with E-state index >= 15 is 0 Å². The van der Waals surface area contributed by atoms with E-state index < -0.39 is 17.6 Å². The molecule has 0 aliphatic rings. The Kier molecular flexibility index (Phi) is 9.68. The van der Waals surface area contributed by atoms with Crippen LogP contribution >= 0.6 is 11.3 Å². The van der Waals surface area contributed by atoms with Gasteiger partial charge in [0, 0.05) is 18.3 Å². The van der Waals surface area contributed by atoms with Crippen LogP contribution in [-0.2, 0) is 16.1 Å². The first-order chi connectivity index (χ1) is 21.9. The Labute approximate surface area is 271 Å². The monoisotopic (exact) mass is 642 g/mol. The highest BCUT2D eigenvalue weighted by Crippen LogP contribution is 2.31. The number of nitrogens with zero attached hydrogens (tertiary/aromatic N) is 3. The third-order valence-corrected chi connectivity index (χ3v) is 7.98. The Morgan fingerprint density at radius 3 is 2.46 bits per heavy atom. The summed E-state index contributed by atoms with van der Waals surface area (Å²) < 4.78 is 7.86. The second-order valence-electron chi connectivity index (χ2n) is 12.4. The molecule has 0 fully saturated rings. The lowest BCUT2D eigenvalue weighted by Crippen LogP contribution is -2.28. The first-order valence-electron chi connectivity index (χ1n) is 15.1. The van der Waals surface area contributed by atoms with Gasteiger partial charge in [0.2, 0.25) is 5.91 Å². The molecule has 0 saturated carbocycles. The molecule has 0 aliphatic carbocycles. The predicted molar refractivity (Wildman–Crippen MR) is 180 cm³/mol. The largest absolute Gasteiger partial charge is 0.444 e. The van der Waals surface area contributed by atoms with E-state index in [1.807, 2.05) is 62.4 Å². The summed E-state index contributed by atoms with van der Waals surface area (Å²) in [6.45, 7) is 9.34. The summed E-state index contributed by atoms with van der Waals surface area (Å²) in [5.74, 6) is -0.581. The maximum atomic E-state index is 13.5. The summed E-state index contributed by atoms with van der Waals surface area (Å²) in [7, 11) is 0. The van der Waals surface area contributed by atoms with Crippen molar-refractivity contribution >= 4 is 56.1 Å². The van der Waals surface area contributed by atoms with Crippen molar-refractivity contribution in [1.29, 1.82) is 0 Å². The van der Waals surface area contributed by atoms with Gasteiger partial charge in [0.15, 0.2) is 10.8 Å². The molecule has 46 heavy (non-hydrogen) atoms. The molecular formula is C34H38N6O5S. The third-order valence-electron chi connectivity index (χ3n) is 7.04. The number of nitrogens with one attached hydrogen (secondary N) is 3. The number of aliphatic hydroxyl groups excluding tert-OH is 1. The van der Waals surface area contributed by atoms with Gasteiger partial charge in [0.1, 0.15) is 17.1 Å². The Morgan fingerprint density at radius 2 is 1.76 bits per heavy atom. The smallest absolute Gasteiger partial charge is 0.413 e. The third kappa shape index (κ3) is 7.69. The number of carbonyl (C=O) groups is 3. The standard InChI is InChI=1S/C34H38N6O5S/c1-20(2)16-23(19-41)30(42)38-29-27(22-10-7-6-8-11-22)37-28-24(12-9-15-40(28)29)31(43)35-18-21-13-14-25-26(17-21)46-32(36-25)39-33(44)45-34(3,4)5/h6-15,17,20,23,41H,16,18-19H2,1-5H3,(H,35,43)(H,38,42)(H,36,39,44). The fourth-order valence-corrected chi connectivity index (χ4v) is 5.93. The summed E-state index contributed by atoms with van der Waals surface area (Å²) in [6, 6.07) is 18.5. The van der Waals surface area contributed by atoms with Gasteiger partial charge in [-0.1, -0.05) is 61.6 Å². The first-order valence-corrected chi connectivity index (χ1v) is 15.9. The summed E-state index contributed by atoms with van der Waals surface area (Å²) in [4.78, 5) is 48.2. The van der Waals surface area contributed by atoms with Crippen molar-refractivity contribution < 1.29 is 24.2 Å². The lowest BCUT2D eigenvalue weighted by atomic mass is 9.97. The van der Waals surface area contributed by atoms with E-state index in [2.05, 4.69) is 20.9 Å². The molecule has 2 aromatic carbocycles. The molecule has 4 N–H and O–H groups in total. The topological polar surface area (TPSA) is 147 Å². The molecule has 3 aromatic heterocycles. The van der Waals surface area contributed by atoms with Crippen LogP contribution < -0.4 is 16.0 Å². The molecule has 3 amide bonds. The number of hydrogen-bond acceptors (Lipinski definition) is 8. The fourth-order valence-electron chi connectivity index (χ4n) is 5.01. The molecule has 0 saturated heterocycles. The Bertz CT molecular complexity index is 1880. The highest BCUT2D eigenvalue weighted by Gasteiger charge is 2.25. The van der Waals surface area contributed by atoms with Crippen LogP contribution in [0.2, 0.25) is 0 Å². The number of imidazole rings is 1. The molecule has 3 heterocycles. The molecule has 0 aliphatic heterocycles. The number of hydrogen-bond donors (Lipinski definition) is 4. The van der Waals surface area contributed by atoms with Crippen LogP contribution in [0.15, 0.2) is 66.9 Å². The maximum Gasteiger partial charge on any atom is 0.413 e. The summed E-state index contributed by atoms with van der Waals surface area (Å²) in [6.07, 6.45) is 1.70. The molecule has 12 heteroatoms. The molecule has 11 nitrogen and oxygen atoms in total. The van der Waals surface area contributed by atoms with Crippen molar-refractivity contribution in [2.45, 2.75) is 53.2 Å². The number of thiazole rings is 1.